The number of aryl methyl sites for hydroxylation is 1. The molecule has 2 aromatic rings. The molecule has 6 nitrogen and oxygen atoms in total. The molecule has 2 unspecified atom stereocenters. The van der Waals surface area contributed by atoms with Crippen molar-refractivity contribution >= 4 is 33.4 Å². The van der Waals surface area contributed by atoms with Gasteiger partial charge in [-0.15, -0.1) is 0 Å². The molecular weight excluding hydrogens is 338 g/mol. The molecule has 7 heteroatoms. The Morgan fingerprint density at radius 1 is 1.52 bits per heavy atom. The smallest absolute Gasteiger partial charge is 0.274 e. The zero-order valence-corrected chi connectivity index (χ0v) is 15.1. The Kier molecular flexibility index (Phi) is 5.15. The van der Waals surface area contributed by atoms with Crippen LogP contribution in [-0.4, -0.2) is 52.9 Å². The number of fused-ring (bicyclic) bond motifs is 1. The van der Waals surface area contributed by atoms with Gasteiger partial charge >= 0.3 is 0 Å². The maximum absolute atomic E-state index is 12.9. The Hall–Kier alpha value is -2.25. The highest BCUT2D eigenvalue weighted by Gasteiger charge is 2.30. The number of morpholine rings is 1. The molecule has 0 spiro atoms. The summed E-state index contributed by atoms with van der Waals surface area (Å²) in [6.07, 6.45) is 0.972. The Bertz CT molecular complexity index is 817. The molecule has 1 aromatic heterocycles. The number of carbonyl (C=O) groups is 2. The molecular formula is C18H21N3O3S. The first-order valence-electron chi connectivity index (χ1n) is 8.19. The Labute approximate surface area is 150 Å². The molecule has 1 aromatic carbocycles. The maximum Gasteiger partial charge on any atom is 0.274 e. The standard InChI is InChI=1S/C18H21N3O3S/c1-4-16(22)19-12(3)14-10-21(7-8-24-14)18(23)17-13-9-11(2)5-6-15(13)25-20-17/h4-6,9,12,14H,1,7-8,10H2,2-3H3,(H,19,22). The third-order valence-electron chi connectivity index (χ3n) is 4.32. The molecule has 0 radical (unpaired) electrons. The predicted octanol–water partition coefficient (Wildman–Crippen LogP) is 2.14. The van der Waals surface area contributed by atoms with Gasteiger partial charge in [0.1, 0.15) is 5.69 Å². The minimum atomic E-state index is -0.256. The number of amides is 2. The molecule has 0 saturated carbocycles. The molecule has 132 valence electrons. The first-order chi connectivity index (χ1) is 12.0. The third-order valence-corrected chi connectivity index (χ3v) is 5.15. The van der Waals surface area contributed by atoms with Crippen molar-refractivity contribution in [3.05, 3.63) is 42.1 Å². The van der Waals surface area contributed by atoms with Crippen LogP contribution in [0.2, 0.25) is 0 Å². The molecule has 2 atom stereocenters. The van der Waals surface area contributed by atoms with Gasteiger partial charge in [-0.2, -0.15) is 4.37 Å². The number of nitrogens with one attached hydrogen (secondary N) is 1. The fourth-order valence-electron chi connectivity index (χ4n) is 2.90. The van der Waals surface area contributed by atoms with Crippen molar-refractivity contribution in [3.63, 3.8) is 0 Å². The van der Waals surface area contributed by atoms with E-state index in [1.165, 1.54) is 17.6 Å². The first-order valence-corrected chi connectivity index (χ1v) is 8.96. The van der Waals surface area contributed by atoms with Crippen molar-refractivity contribution in [2.24, 2.45) is 0 Å². The van der Waals surface area contributed by atoms with Gasteiger partial charge in [0, 0.05) is 18.5 Å². The topological polar surface area (TPSA) is 71.5 Å². The number of hydrogen-bond donors (Lipinski definition) is 1. The molecule has 1 fully saturated rings. The lowest BCUT2D eigenvalue weighted by molar-refractivity contribution is -0.118. The van der Waals surface area contributed by atoms with E-state index in [1.807, 2.05) is 32.0 Å². The molecule has 1 aliphatic heterocycles. The van der Waals surface area contributed by atoms with E-state index in [0.717, 1.165) is 15.6 Å². The van der Waals surface area contributed by atoms with Gasteiger partial charge in [-0.1, -0.05) is 18.2 Å². The summed E-state index contributed by atoms with van der Waals surface area (Å²) < 4.78 is 11.1. The average Bonchev–Trinajstić information content (AvgIpc) is 3.04. The largest absolute Gasteiger partial charge is 0.372 e. The van der Waals surface area contributed by atoms with E-state index in [4.69, 9.17) is 4.74 Å². The minimum Gasteiger partial charge on any atom is -0.372 e. The summed E-state index contributed by atoms with van der Waals surface area (Å²) in [5, 5.41) is 3.69. The second-order valence-electron chi connectivity index (χ2n) is 6.19. The molecule has 2 heterocycles. The summed E-state index contributed by atoms with van der Waals surface area (Å²) in [7, 11) is 0. The fourth-order valence-corrected chi connectivity index (χ4v) is 3.64. The zero-order valence-electron chi connectivity index (χ0n) is 14.3. The summed E-state index contributed by atoms with van der Waals surface area (Å²) in [5.41, 5.74) is 1.59. The summed E-state index contributed by atoms with van der Waals surface area (Å²) in [4.78, 5) is 26.2. The third kappa shape index (κ3) is 3.72. The lowest BCUT2D eigenvalue weighted by Crippen LogP contribution is -2.53. The van der Waals surface area contributed by atoms with E-state index in [0.29, 0.717) is 25.4 Å². The van der Waals surface area contributed by atoms with Crippen molar-refractivity contribution in [3.8, 4) is 0 Å². The lowest BCUT2D eigenvalue weighted by atomic mass is 10.1. The molecule has 1 aliphatic rings. The van der Waals surface area contributed by atoms with Crippen LogP contribution in [0.1, 0.15) is 23.0 Å². The number of carbonyl (C=O) groups excluding carboxylic acids is 2. The molecule has 3 rings (SSSR count). The van der Waals surface area contributed by atoms with Crippen LogP contribution in [0.25, 0.3) is 10.1 Å². The van der Waals surface area contributed by atoms with E-state index in [-0.39, 0.29) is 24.0 Å². The van der Waals surface area contributed by atoms with Crippen LogP contribution in [0.15, 0.2) is 30.9 Å². The summed E-state index contributed by atoms with van der Waals surface area (Å²) in [6, 6.07) is 5.80. The van der Waals surface area contributed by atoms with E-state index in [1.54, 1.807) is 4.90 Å². The van der Waals surface area contributed by atoms with Crippen LogP contribution in [-0.2, 0) is 9.53 Å². The van der Waals surface area contributed by atoms with Gasteiger partial charge in [-0.3, -0.25) is 9.59 Å². The number of ether oxygens (including phenoxy) is 1. The van der Waals surface area contributed by atoms with E-state index >= 15 is 0 Å². The Balaban J connectivity index is 1.76. The number of rotatable bonds is 4. The fraction of sp³-hybridized carbons (Fsp3) is 0.389. The van der Waals surface area contributed by atoms with Gasteiger partial charge in [0.15, 0.2) is 0 Å². The highest BCUT2D eigenvalue weighted by atomic mass is 32.1. The Morgan fingerprint density at radius 3 is 3.08 bits per heavy atom. The van der Waals surface area contributed by atoms with Crippen LogP contribution in [0.5, 0.6) is 0 Å². The van der Waals surface area contributed by atoms with Crippen molar-refractivity contribution in [1.29, 1.82) is 0 Å². The van der Waals surface area contributed by atoms with Crippen molar-refractivity contribution in [1.82, 2.24) is 14.6 Å². The van der Waals surface area contributed by atoms with E-state index < -0.39 is 0 Å². The zero-order chi connectivity index (χ0) is 18.0. The normalized spacial score (nSPS) is 18.8. The van der Waals surface area contributed by atoms with Crippen LogP contribution in [0.3, 0.4) is 0 Å². The predicted molar refractivity (Wildman–Crippen MR) is 97.8 cm³/mol. The van der Waals surface area contributed by atoms with E-state index in [2.05, 4.69) is 16.3 Å². The highest BCUT2D eigenvalue weighted by molar-refractivity contribution is 7.13. The van der Waals surface area contributed by atoms with Crippen molar-refractivity contribution in [2.75, 3.05) is 19.7 Å². The van der Waals surface area contributed by atoms with Crippen LogP contribution in [0.4, 0.5) is 0 Å². The summed E-state index contributed by atoms with van der Waals surface area (Å²) in [5.74, 6) is -0.340. The van der Waals surface area contributed by atoms with Gasteiger partial charge in [0.25, 0.3) is 5.91 Å². The number of benzene rings is 1. The van der Waals surface area contributed by atoms with Gasteiger partial charge in [-0.25, -0.2) is 0 Å². The van der Waals surface area contributed by atoms with Gasteiger partial charge < -0.3 is 15.0 Å². The molecule has 0 bridgehead atoms. The number of nitrogens with zero attached hydrogens (tertiary/aromatic N) is 2. The molecule has 1 N–H and O–H groups in total. The first kappa shape index (κ1) is 17.6. The van der Waals surface area contributed by atoms with Gasteiger partial charge in [0.05, 0.1) is 23.5 Å². The number of aromatic nitrogens is 1. The average molecular weight is 359 g/mol. The Morgan fingerprint density at radius 2 is 2.32 bits per heavy atom. The summed E-state index contributed by atoms with van der Waals surface area (Å²) in [6.45, 7) is 8.68. The lowest BCUT2D eigenvalue weighted by Gasteiger charge is -2.35. The molecule has 25 heavy (non-hydrogen) atoms. The second-order valence-corrected chi connectivity index (χ2v) is 7.00. The van der Waals surface area contributed by atoms with E-state index in [9.17, 15) is 9.59 Å². The van der Waals surface area contributed by atoms with Crippen molar-refractivity contribution < 1.29 is 14.3 Å². The van der Waals surface area contributed by atoms with Gasteiger partial charge in [0.2, 0.25) is 5.91 Å². The molecule has 1 saturated heterocycles. The SMILES string of the molecule is C=CC(=O)NC(C)C1CN(C(=O)c2nsc3ccc(C)cc23)CCO1. The second kappa shape index (κ2) is 7.33. The van der Waals surface area contributed by atoms with Crippen LogP contribution in [0, 0.1) is 6.92 Å². The molecule has 2 amide bonds. The van der Waals surface area contributed by atoms with Crippen LogP contribution >= 0.6 is 11.5 Å². The van der Waals surface area contributed by atoms with Crippen molar-refractivity contribution in [2.45, 2.75) is 26.0 Å². The minimum absolute atomic E-state index is 0.0904. The monoisotopic (exact) mass is 359 g/mol. The van der Waals surface area contributed by atoms with Gasteiger partial charge in [-0.05, 0) is 43.6 Å². The summed E-state index contributed by atoms with van der Waals surface area (Å²) >= 11 is 1.34. The molecule has 0 aliphatic carbocycles. The quantitative estimate of drug-likeness (QED) is 0.849. The maximum atomic E-state index is 12.9. The number of hydrogen-bond acceptors (Lipinski definition) is 5. The highest BCUT2D eigenvalue weighted by Crippen LogP contribution is 2.25. The van der Waals surface area contributed by atoms with Crippen LogP contribution < -0.4 is 5.32 Å².